The third-order valence-electron chi connectivity index (χ3n) is 3.05. The molecule has 0 spiro atoms. The summed E-state index contributed by atoms with van der Waals surface area (Å²) in [5, 5.41) is 8.76. The molecule has 0 aliphatic carbocycles. The topological polar surface area (TPSA) is 40.5 Å². The van der Waals surface area contributed by atoms with E-state index in [1.807, 2.05) is 11.8 Å². The molecule has 1 heterocycles. The summed E-state index contributed by atoms with van der Waals surface area (Å²) in [5.74, 6) is 2.55. The van der Waals surface area contributed by atoms with Crippen molar-refractivity contribution >= 4 is 17.7 Å². The molecular formula is C12H23NO2S. The molecule has 1 N–H and O–H groups in total. The van der Waals surface area contributed by atoms with E-state index in [1.54, 1.807) is 0 Å². The predicted octanol–water partition coefficient (Wildman–Crippen LogP) is 2.31. The molecule has 0 amide bonds. The van der Waals surface area contributed by atoms with Gasteiger partial charge in [-0.3, -0.25) is 9.69 Å². The van der Waals surface area contributed by atoms with E-state index in [0.717, 1.165) is 12.5 Å². The van der Waals surface area contributed by atoms with Crippen molar-refractivity contribution in [2.75, 3.05) is 24.6 Å². The maximum absolute atomic E-state index is 10.6. The van der Waals surface area contributed by atoms with E-state index >= 15 is 0 Å². The first-order valence-electron chi connectivity index (χ1n) is 5.94. The predicted molar refractivity (Wildman–Crippen MR) is 69.0 cm³/mol. The molecule has 1 atom stereocenters. The monoisotopic (exact) mass is 245 g/mol. The highest BCUT2D eigenvalue weighted by Gasteiger charge is 2.26. The molecule has 0 radical (unpaired) electrons. The Morgan fingerprint density at radius 3 is 2.62 bits per heavy atom. The Bertz CT molecular complexity index is 232. The van der Waals surface area contributed by atoms with E-state index in [9.17, 15) is 4.79 Å². The zero-order valence-electron chi connectivity index (χ0n) is 10.5. The second-order valence-electron chi connectivity index (χ2n) is 5.49. The normalized spacial score (nSPS) is 21.6. The molecule has 0 aromatic heterocycles. The zero-order chi connectivity index (χ0) is 12.2. The van der Waals surface area contributed by atoms with E-state index in [0.29, 0.717) is 6.54 Å². The molecule has 1 unspecified atom stereocenters. The molecule has 1 aliphatic heterocycles. The highest BCUT2D eigenvalue weighted by molar-refractivity contribution is 7.99. The Morgan fingerprint density at radius 2 is 2.19 bits per heavy atom. The summed E-state index contributed by atoms with van der Waals surface area (Å²) in [6.45, 7) is 8.20. The van der Waals surface area contributed by atoms with Crippen LogP contribution < -0.4 is 0 Å². The second-order valence-corrected chi connectivity index (χ2v) is 6.64. The number of aliphatic carboxylic acids is 1. The third-order valence-corrected chi connectivity index (χ3v) is 4.28. The van der Waals surface area contributed by atoms with Crippen LogP contribution in [0.2, 0.25) is 0 Å². The largest absolute Gasteiger partial charge is 0.481 e. The van der Waals surface area contributed by atoms with Gasteiger partial charge in [-0.05, 0) is 44.6 Å². The van der Waals surface area contributed by atoms with Crippen LogP contribution in [-0.2, 0) is 4.79 Å². The number of thioether (sulfide) groups is 1. The summed E-state index contributed by atoms with van der Waals surface area (Å²) < 4.78 is 0. The van der Waals surface area contributed by atoms with Crippen molar-refractivity contribution in [1.29, 1.82) is 0 Å². The van der Waals surface area contributed by atoms with E-state index in [-0.39, 0.29) is 12.0 Å². The van der Waals surface area contributed by atoms with Crippen LogP contribution >= 0.6 is 11.8 Å². The first-order valence-corrected chi connectivity index (χ1v) is 7.09. The van der Waals surface area contributed by atoms with Gasteiger partial charge in [0.2, 0.25) is 0 Å². The smallest absolute Gasteiger partial charge is 0.304 e. The van der Waals surface area contributed by atoms with Gasteiger partial charge in [0, 0.05) is 18.6 Å². The van der Waals surface area contributed by atoms with Crippen LogP contribution in [0.15, 0.2) is 0 Å². The van der Waals surface area contributed by atoms with Crippen molar-refractivity contribution < 1.29 is 9.90 Å². The number of carbonyl (C=O) groups is 1. The highest BCUT2D eigenvalue weighted by atomic mass is 32.2. The van der Waals surface area contributed by atoms with E-state index in [2.05, 4.69) is 25.7 Å². The first-order chi connectivity index (χ1) is 7.39. The summed E-state index contributed by atoms with van der Waals surface area (Å²) in [5.41, 5.74) is 0.0721. The van der Waals surface area contributed by atoms with Crippen LogP contribution in [-0.4, -0.2) is 46.1 Å². The lowest BCUT2D eigenvalue weighted by atomic mass is 10.0. The molecule has 0 aromatic carbocycles. The van der Waals surface area contributed by atoms with Gasteiger partial charge in [-0.2, -0.15) is 11.8 Å². The minimum atomic E-state index is -0.699. The van der Waals surface area contributed by atoms with Crippen LogP contribution in [0.5, 0.6) is 0 Å². The lowest BCUT2D eigenvalue weighted by molar-refractivity contribution is -0.137. The van der Waals surface area contributed by atoms with Gasteiger partial charge in [0.05, 0.1) is 6.42 Å². The maximum Gasteiger partial charge on any atom is 0.304 e. The molecular weight excluding hydrogens is 222 g/mol. The molecule has 3 nitrogen and oxygen atoms in total. The lowest BCUT2D eigenvalue weighted by Crippen LogP contribution is -2.45. The summed E-state index contributed by atoms with van der Waals surface area (Å²) in [4.78, 5) is 13.0. The van der Waals surface area contributed by atoms with Crippen molar-refractivity contribution in [1.82, 2.24) is 4.90 Å². The standard InChI is InChI=1S/C12H23NO2S/c1-12(2,3)13(6-4-11(14)15)8-10-5-7-16-9-10/h10H,4-9H2,1-3H3,(H,14,15). The summed E-state index contributed by atoms with van der Waals surface area (Å²) in [6, 6.07) is 0. The molecule has 1 aliphatic rings. The number of carboxylic acids is 1. The molecule has 0 aromatic rings. The molecule has 4 heteroatoms. The van der Waals surface area contributed by atoms with Gasteiger partial charge in [-0.25, -0.2) is 0 Å². The maximum atomic E-state index is 10.6. The van der Waals surface area contributed by atoms with Crippen LogP contribution in [0.1, 0.15) is 33.6 Å². The molecule has 1 rings (SSSR count). The Kier molecular flexibility index (Phi) is 5.12. The van der Waals surface area contributed by atoms with Crippen molar-refractivity contribution in [2.45, 2.75) is 39.2 Å². The van der Waals surface area contributed by atoms with E-state index in [1.165, 1.54) is 17.9 Å². The first kappa shape index (κ1) is 13.8. The fourth-order valence-electron chi connectivity index (χ4n) is 1.97. The lowest BCUT2D eigenvalue weighted by Gasteiger charge is -2.37. The number of rotatable bonds is 5. The minimum Gasteiger partial charge on any atom is -0.481 e. The van der Waals surface area contributed by atoms with E-state index < -0.39 is 5.97 Å². The molecule has 1 saturated heterocycles. The fraction of sp³-hybridized carbons (Fsp3) is 0.917. The van der Waals surface area contributed by atoms with Gasteiger partial charge in [0.1, 0.15) is 0 Å². The molecule has 94 valence electrons. The fourth-order valence-corrected chi connectivity index (χ4v) is 3.24. The van der Waals surface area contributed by atoms with Gasteiger partial charge in [0.15, 0.2) is 0 Å². The molecule has 16 heavy (non-hydrogen) atoms. The second kappa shape index (κ2) is 5.92. The summed E-state index contributed by atoms with van der Waals surface area (Å²) >= 11 is 2.02. The molecule has 0 bridgehead atoms. The van der Waals surface area contributed by atoms with Gasteiger partial charge < -0.3 is 5.11 Å². The Hall–Kier alpha value is -0.220. The average molecular weight is 245 g/mol. The minimum absolute atomic E-state index is 0.0721. The molecule has 0 saturated carbocycles. The van der Waals surface area contributed by atoms with Gasteiger partial charge in [-0.1, -0.05) is 0 Å². The third kappa shape index (κ3) is 4.74. The Balaban J connectivity index is 2.46. The van der Waals surface area contributed by atoms with Gasteiger partial charge in [-0.15, -0.1) is 0 Å². The van der Waals surface area contributed by atoms with Gasteiger partial charge in [0.25, 0.3) is 0 Å². The van der Waals surface area contributed by atoms with Crippen molar-refractivity contribution in [2.24, 2.45) is 5.92 Å². The number of carboxylic acid groups (broad SMARTS) is 1. The number of hydrogen-bond donors (Lipinski definition) is 1. The van der Waals surface area contributed by atoms with Crippen LogP contribution in [0, 0.1) is 5.92 Å². The SMILES string of the molecule is CC(C)(C)N(CCC(=O)O)CC1CCSC1. The highest BCUT2D eigenvalue weighted by Crippen LogP contribution is 2.26. The molecule has 1 fully saturated rings. The van der Waals surface area contributed by atoms with Crippen LogP contribution in [0.25, 0.3) is 0 Å². The summed E-state index contributed by atoms with van der Waals surface area (Å²) in [7, 11) is 0. The quantitative estimate of drug-likeness (QED) is 0.807. The van der Waals surface area contributed by atoms with Crippen molar-refractivity contribution in [3.63, 3.8) is 0 Å². The van der Waals surface area contributed by atoms with Gasteiger partial charge >= 0.3 is 5.97 Å². The zero-order valence-corrected chi connectivity index (χ0v) is 11.3. The van der Waals surface area contributed by atoms with E-state index in [4.69, 9.17) is 5.11 Å². The number of nitrogens with zero attached hydrogens (tertiary/aromatic N) is 1. The average Bonchev–Trinajstić information content (AvgIpc) is 2.62. The Labute approximate surface area is 103 Å². The van der Waals surface area contributed by atoms with Crippen molar-refractivity contribution in [3.8, 4) is 0 Å². The van der Waals surface area contributed by atoms with Crippen molar-refractivity contribution in [3.05, 3.63) is 0 Å². The summed E-state index contributed by atoms with van der Waals surface area (Å²) in [6.07, 6.45) is 1.53. The van der Waals surface area contributed by atoms with Crippen LogP contribution in [0.4, 0.5) is 0 Å². The number of hydrogen-bond acceptors (Lipinski definition) is 3. The van der Waals surface area contributed by atoms with Crippen LogP contribution in [0.3, 0.4) is 0 Å². The Morgan fingerprint density at radius 1 is 1.50 bits per heavy atom.